The van der Waals surface area contributed by atoms with Gasteiger partial charge in [0.15, 0.2) is 0 Å². The molecule has 25 heavy (non-hydrogen) atoms. The summed E-state index contributed by atoms with van der Waals surface area (Å²) >= 11 is 0. The van der Waals surface area contributed by atoms with Crippen molar-refractivity contribution in [1.29, 1.82) is 0 Å². The minimum atomic E-state index is 0.0513. The lowest BCUT2D eigenvalue weighted by atomic mass is 9.95. The fraction of sp³-hybridized carbons (Fsp3) is 0.474. The van der Waals surface area contributed by atoms with Gasteiger partial charge < -0.3 is 9.43 Å². The van der Waals surface area contributed by atoms with E-state index in [1.165, 1.54) is 41.8 Å². The number of aromatic nitrogens is 2. The van der Waals surface area contributed by atoms with E-state index in [1.54, 1.807) is 12.5 Å². The maximum absolute atomic E-state index is 5.43. The maximum Gasteiger partial charge on any atom is 0.216 e. The lowest BCUT2D eigenvalue weighted by Gasteiger charge is -2.35. The van der Waals surface area contributed by atoms with Gasteiger partial charge in [-0.05, 0) is 42.9 Å². The molecule has 4 heterocycles. The molecule has 2 aromatic heterocycles. The van der Waals surface area contributed by atoms with Crippen LogP contribution in [0, 0.1) is 0 Å². The molecule has 1 N–H and O–H groups in total. The van der Waals surface area contributed by atoms with Crippen molar-refractivity contribution in [3.63, 3.8) is 0 Å². The number of oxazole rings is 1. The highest BCUT2D eigenvalue weighted by molar-refractivity contribution is 5.28. The Hall–Kier alpha value is -2.18. The SMILES string of the molecule is C1=C2CN(Cc3cnc4c(c3)CCCC4)CCN2NC1c1ncco1. The van der Waals surface area contributed by atoms with Crippen LogP contribution < -0.4 is 5.43 Å². The van der Waals surface area contributed by atoms with Crippen LogP contribution in [0.2, 0.25) is 0 Å². The van der Waals surface area contributed by atoms with Crippen LogP contribution in [0.1, 0.15) is 41.6 Å². The molecule has 2 aromatic rings. The number of piperazine rings is 1. The second-order valence-electron chi connectivity index (χ2n) is 7.15. The molecule has 1 saturated heterocycles. The normalized spacial score (nSPS) is 23.3. The Bertz CT molecular complexity index is 785. The van der Waals surface area contributed by atoms with Crippen molar-refractivity contribution in [2.24, 2.45) is 0 Å². The quantitative estimate of drug-likeness (QED) is 0.927. The van der Waals surface area contributed by atoms with Crippen molar-refractivity contribution in [3.05, 3.63) is 59.2 Å². The highest BCUT2D eigenvalue weighted by atomic mass is 16.3. The van der Waals surface area contributed by atoms with Crippen LogP contribution in [-0.2, 0) is 19.4 Å². The molecule has 0 bridgehead atoms. The van der Waals surface area contributed by atoms with E-state index in [0.717, 1.165) is 38.5 Å². The standard InChI is InChI=1S/C19H23N5O/c1-2-4-17-15(3-1)9-14(11-21-17)12-23-6-7-24-16(13-23)10-18(22-24)19-20-5-8-25-19/h5,8-11,18,22H,1-4,6-7,12-13H2. The molecule has 3 aliphatic rings. The van der Waals surface area contributed by atoms with Crippen molar-refractivity contribution in [2.45, 2.75) is 38.3 Å². The van der Waals surface area contributed by atoms with Crippen LogP contribution in [0.15, 0.2) is 40.9 Å². The van der Waals surface area contributed by atoms with Crippen LogP contribution in [0.3, 0.4) is 0 Å². The fourth-order valence-corrected chi connectivity index (χ4v) is 4.10. The summed E-state index contributed by atoms with van der Waals surface area (Å²) in [5.74, 6) is 0.729. The lowest BCUT2D eigenvalue weighted by Crippen LogP contribution is -2.47. The average Bonchev–Trinajstić information content (AvgIpc) is 3.30. The van der Waals surface area contributed by atoms with Gasteiger partial charge in [-0.3, -0.25) is 9.88 Å². The third-order valence-electron chi connectivity index (χ3n) is 5.38. The Morgan fingerprint density at radius 1 is 1.20 bits per heavy atom. The summed E-state index contributed by atoms with van der Waals surface area (Å²) in [6, 6.07) is 2.43. The van der Waals surface area contributed by atoms with Crippen molar-refractivity contribution < 1.29 is 4.42 Å². The van der Waals surface area contributed by atoms with E-state index in [-0.39, 0.29) is 6.04 Å². The van der Waals surface area contributed by atoms with Gasteiger partial charge in [0.25, 0.3) is 0 Å². The Morgan fingerprint density at radius 2 is 2.16 bits per heavy atom. The van der Waals surface area contributed by atoms with Crippen LogP contribution in [0.5, 0.6) is 0 Å². The summed E-state index contributed by atoms with van der Waals surface area (Å²) in [5.41, 5.74) is 8.89. The molecule has 1 atom stereocenters. The summed E-state index contributed by atoms with van der Waals surface area (Å²) in [4.78, 5) is 11.5. The smallest absolute Gasteiger partial charge is 0.216 e. The molecule has 5 rings (SSSR count). The summed E-state index contributed by atoms with van der Waals surface area (Å²) in [6.07, 6.45) is 12.6. The number of nitrogens with one attached hydrogen (secondary N) is 1. The monoisotopic (exact) mass is 337 g/mol. The maximum atomic E-state index is 5.43. The lowest BCUT2D eigenvalue weighted by molar-refractivity contribution is 0.136. The van der Waals surface area contributed by atoms with Gasteiger partial charge in [0, 0.05) is 43.8 Å². The Kier molecular flexibility index (Phi) is 3.79. The zero-order valence-electron chi connectivity index (χ0n) is 14.3. The van der Waals surface area contributed by atoms with E-state index in [1.807, 2.05) is 0 Å². The second-order valence-corrected chi connectivity index (χ2v) is 7.15. The summed E-state index contributed by atoms with van der Waals surface area (Å²) in [6.45, 7) is 3.93. The fourth-order valence-electron chi connectivity index (χ4n) is 4.10. The van der Waals surface area contributed by atoms with Gasteiger partial charge in [-0.2, -0.15) is 0 Å². The number of hydrogen-bond acceptors (Lipinski definition) is 6. The Balaban J connectivity index is 1.28. The molecule has 0 aromatic carbocycles. The third kappa shape index (κ3) is 2.96. The van der Waals surface area contributed by atoms with Gasteiger partial charge in [-0.25, -0.2) is 10.4 Å². The first-order valence-electron chi connectivity index (χ1n) is 9.18. The van der Waals surface area contributed by atoms with E-state index in [4.69, 9.17) is 9.40 Å². The molecule has 130 valence electrons. The first-order chi connectivity index (χ1) is 12.3. The zero-order chi connectivity index (χ0) is 16.6. The van der Waals surface area contributed by atoms with E-state index in [2.05, 4.69) is 38.7 Å². The molecule has 0 saturated carbocycles. The number of fused-ring (bicyclic) bond motifs is 2. The highest BCUT2D eigenvalue weighted by Gasteiger charge is 2.30. The second kappa shape index (κ2) is 6.28. The van der Waals surface area contributed by atoms with E-state index in [9.17, 15) is 0 Å². The van der Waals surface area contributed by atoms with E-state index >= 15 is 0 Å². The minimum Gasteiger partial charge on any atom is -0.447 e. The largest absolute Gasteiger partial charge is 0.447 e. The van der Waals surface area contributed by atoms with Gasteiger partial charge in [-0.15, -0.1) is 0 Å². The predicted molar refractivity (Wildman–Crippen MR) is 93.3 cm³/mol. The number of hydrogen-bond donors (Lipinski definition) is 1. The summed E-state index contributed by atoms with van der Waals surface area (Å²) in [5, 5.41) is 2.23. The van der Waals surface area contributed by atoms with Gasteiger partial charge in [0.05, 0.1) is 6.20 Å². The molecule has 2 aliphatic heterocycles. The summed E-state index contributed by atoms with van der Waals surface area (Å²) in [7, 11) is 0. The number of rotatable bonds is 3. The van der Waals surface area contributed by atoms with Crippen LogP contribution in [0.25, 0.3) is 0 Å². The van der Waals surface area contributed by atoms with Crippen molar-refractivity contribution >= 4 is 0 Å². The Morgan fingerprint density at radius 3 is 3.08 bits per heavy atom. The molecule has 6 heteroatoms. The van der Waals surface area contributed by atoms with Gasteiger partial charge in [0.1, 0.15) is 12.3 Å². The topological polar surface area (TPSA) is 57.4 Å². The van der Waals surface area contributed by atoms with Crippen LogP contribution in [0.4, 0.5) is 0 Å². The molecule has 0 radical (unpaired) electrons. The minimum absolute atomic E-state index is 0.0513. The molecule has 1 aliphatic carbocycles. The number of aryl methyl sites for hydroxylation is 2. The van der Waals surface area contributed by atoms with Gasteiger partial charge in [0.2, 0.25) is 5.89 Å². The molecule has 6 nitrogen and oxygen atoms in total. The summed E-state index contributed by atoms with van der Waals surface area (Å²) < 4.78 is 5.43. The highest BCUT2D eigenvalue weighted by Crippen LogP contribution is 2.27. The van der Waals surface area contributed by atoms with Crippen molar-refractivity contribution in [3.8, 4) is 0 Å². The Labute approximate surface area is 147 Å². The average molecular weight is 337 g/mol. The van der Waals surface area contributed by atoms with Gasteiger partial charge in [-0.1, -0.05) is 6.07 Å². The first-order valence-corrected chi connectivity index (χ1v) is 9.18. The van der Waals surface area contributed by atoms with Crippen molar-refractivity contribution in [2.75, 3.05) is 19.6 Å². The first kappa shape index (κ1) is 15.1. The molecule has 0 amide bonds. The zero-order valence-corrected chi connectivity index (χ0v) is 14.3. The predicted octanol–water partition coefficient (Wildman–Crippen LogP) is 2.21. The molecular formula is C19H23N5O. The van der Waals surface area contributed by atoms with E-state index < -0.39 is 0 Å². The number of hydrazine groups is 1. The molecule has 1 fully saturated rings. The van der Waals surface area contributed by atoms with E-state index in [0.29, 0.717) is 0 Å². The number of nitrogens with zero attached hydrogens (tertiary/aromatic N) is 4. The third-order valence-corrected chi connectivity index (χ3v) is 5.38. The van der Waals surface area contributed by atoms with Crippen LogP contribution in [-0.4, -0.2) is 39.5 Å². The van der Waals surface area contributed by atoms with Crippen LogP contribution >= 0.6 is 0 Å². The molecule has 0 spiro atoms. The van der Waals surface area contributed by atoms with Gasteiger partial charge >= 0.3 is 0 Å². The molecule has 1 unspecified atom stereocenters. The molecular weight excluding hydrogens is 314 g/mol. The number of pyridine rings is 1. The van der Waals surface area contributed by atoms with Crippen molar-refractivity contribution in [1.82, 2.24) is 25.3 Å².